The first-order chi connectivity index (χ1) is 10.7. The third-order valence-electron chi connectivity index (χ3n) is 3.29. The molecule has 0 heterocycles. The average molecular weight is 331 g/mol. The maximum atomic E-state index is 12.6. The van der Waals surface area contributed by atoms with Crippen LogP contribution in [0.4, 0.5) is 13.2 Å². The lowest BCUT2D eigenvalue weighted by molar-refractivity contribution is -0.138. The molecule has 0 aliphatic heterocycles. The number of carboxylic acid groups (broad SMARTS) is 1. The Bertz CT molecular complexity index is 544. The third kappa shape index (κ3) is 7.67. The van der Waals surface area contributed by atoms with Gasteiger partial charge in [0.15, 0.2) is 0 Å². The molecule has 0 spiro atoms. The largest absolute Gasteiger partial charge is 0.481 e. The number of aliphatic carboxylic acids is 1. The Kier molecular flexibility index (Phi) is 7.06. The minimum absolute atomic E-state index is 0.0233. The second-order valence-corrected chi connectivity index (χ2v) is 5.56. The van der Waals surface area contributed by atoms with E-state index in [0.717, 1.165) is 12.1 Å². The Morgan fingerprint density at radius 3 is 2.61 bits per heavy atom. The van der Waals surface area contributed by atoms with Gasteiger partial charge in [0, 0.05) is 19.4 Å². The minimum Gasteiger partial charge on any atom is -0.481 e. The summed E-state index contributed by atoms with van der Waals surface area (Å²) in [7, 11) is 0. The Morgan fingerprint density at radius 1 is 1.30 bits per heavy atom. The number of nitrogens with one attached hydrogen (secondary N) is 1. The molecule has 1 aromatic carbocycles. The van der Waals surface area contributed by atoms with Gasteiger partial charge in [0.05, 0.1) is 5.56 Å². The van der Waals surface area contributed by atoms with Crippen LogP contribution in [0, 0.1) is 5.92 Å². The first-order valence-corrected chi connectivity index (χ1v) is 7.33. The fourth-order valence-corrected chi connectivity index (χ4v) is 2.10. The molecular weight excluding hydrogens is 311 g/mol. The van der Waals surface area contributed by atoms with Gasteiger partial charge >= 0.3 is 12.1 Å². The number of hydrogen-bond donors (Lipinski definition) is 2. The van der Waals surface area contributed by atoms with Crippen LogP contribution in [-0.4, -0.2) is 23.5 Å². The Labute approximate surface area is 132 Å². The van der Waals surface area contributed by atoms with Crippen LogP contribution in [0.25, 0.3) is 0 Å². The summed E-state index contributed by atoms with van der Waals surface area (Å²) in [6.45, 7) is 1.99. The molecule has 1 atom stereocenters. The summed E-state index contributed by atoms with van der Waals surface area (Å²) in [5.41, 5.74) is -0.159. The molecule has 4 nitrogen and oxygen atoms in total. The number of aryl methyl sites for hydroxylation is 1. The number of halogens is 3. The SMILES string of the molecule is CC(CNC(=O)CCCc1cccc(C(F)(F)F)c1)CC(=O)O. The molecule has 0 fully saturated rings. The Morgan fingerprint density at radius 2 is 2.00 bits per heavy atom. The van der Waals surface area contributed by atoms with Gasteiger partial charge in [0.2, 0.25) is 5.91 Å². The summed E-state index contributed by atoms with van der Waals surface area (Å²) in [5, 5.41) is 11.2. The molecule has 128 valence electrons. The molecular formula is C16H20F3NO3. The van der Waals surface area contributed by atoms with E-state index in [1.807, 2.05) is 0 Å². The second kappa shape index (κ2) is 8.55. The van der Waals surface area contributed by atoms with Crippen molar-refractivity contribution in [2.75, 3.05) is 6.54 Å². The Balaban J connectivity index is 2.34. The minimum atomic E-state index is -4.37. The fourth-order valence-electron chi connectivity index (χ4n) is 2.10. The van der Waals surface area contributed by atoms with Crippen molar-refractivity contribution in [3.8, 4) is 0 Å². The topological polar surface area (TPSA) is 66.4 Å². The van der Waals surface area contributed by atoms with Gasteiger partial charge in [-0.25, -0.2) is 0 Å². The molecule has 0 aliphatic carbocycles. The zero-order chi connectivity index (χ0) is 17.5. The van der Waals surface area contributed by atoms with E-state index in [1.54, 1.807) is 13.0 Å². The van der Waals surface area contributed by atoms with Gasteiger partial charge in [0.25, 0.3) is 0 Å². The summed E-state index contributed by atoms with van der Waals surface area (Å²) < 4.78 is 37.7. The van der Waals surface area contributed by atoms with Gasteiger partial charge in [-0.05, 0) is 30.4 Å². The predicted molar refractivity (Wildman–Crippen MR) is 78.8 cm³/mol. The summed E-state index contributed by atoms with van der Waals surface area (Å²) in [4.78, 5) is 22.1. The molecule has 7 heteroatoms. The zero-order valence-corrected chi connectivity index (χ0v) is 12.8. The Hall–Kier alpha value is -2.05. The summed E-state index contributed by atoms with van der Waals surface area (Å²) in [6.07, 6.45) is -3.39. The van der Waals surface area contributed by atoms with Crippen LogP contribution in [-0.2, 0) is 22.2 Å². The molecule has 0 saturated carbocycles. The molecule has 23 heavy (non-hydrogen) atoms. The smallest absolute Gasteiger partial charge is 0.416 e. The van der Waals surface area contributed by atoms with Crippen molar-refractivity contribution in [1.29, 1.82) is 0 Å². The van der Waals surface area contributed by atoms with Crippen molar-refractivity contribution < 1.29 is 27.9 Å². The predicted octanol–water partition coefficient (Wildman–Crippen LogP) is 3.26. The van der Waals surface area contributed by atoms with Crippen LogP contribution < -0.4 is 5.32 Å². The lowest BCUT2D eigenvalue weighted by Crippen LogP contribution is -2.29. The highest BCUT2D eigenvalue weighted by atomic mass is 19.4. The lowest BCUT2D eigenvalue weighted by Gasteiger charge is -2.11. The van der Waals surface area contributed by atoms with Gasteiger partial charge in [-0.3, -0.25) is 9.59 Å². The van der Waals surface area contributed by atoms with Crippen molar-refractivity contribution >= 4 is 11.9 Å². The summed E-state index contributed by atoms with van der Waals surface area (Å²) in [5.74, 6) is -1.31. The van der Waals surface area contributed by atoms with Gasteiger partial charge in [0.1, 0.15) is 0 Å². The highest BCUT2D eigenvalue weighted by Gasteiger charge is 2.30. The van der Waals surface area contributed by atoms with E-state index in [-0.39, 0.29) is 31.2 Å². The van der Waals surface area contributed by atoms with Crippen LogP contribution in [0.1, 0.15) is 37.3 Å². The quantitative estimate of drug-likeness (QED) is 0.768. The van der Waals surface area contributed by atoms with Crippen LogP contribution >= 0.6 is 0 Å². The van der Waals surface area contributed by atoms with Crippen LogP contribution in [0.2, 0.25) is 0 Å². The van der Waals surface area contributed by atoms with E-state index in [2.05, 4.69) is 5.32 Å². The second-order valence-electron chi connectivity index (χ2n) is 5.56. The average Bonchev–Trinajstić information content (AvgIpc) is 2.44. The van der Waals surface area contributed by atoms with Gasteiger partial charge in [-0.2, -0.15) is 13.2 Å². The summed E-state index contributed by atoms with van der Waals surface area (Å²) >= 11 is 0. The van der Waals surface area contributed by atoms with Gasteiger partial charge < -0.3 is 10.4 Å². The molecule has 0 aromatic heterocycles. The number of hydrogen-bond acceptors (Lipinski definition) is 2. The van der Waals surface area contributed by atoms with Gasteiger partial charge in [-0.15, -0.1) is 0 Å². The first-order valence-electron chi connectivity index (χ1n) is 7.33. The molecule has 0 saturated heterocycles. The van der Waals surface area contributed by atoms with Crippen LogP contribution in [0.3, 0.4) is 0 Å². The normalized spacial score (nSPS) is 12.7. The molecule has 0 aliphatic rings. The number of rotatable bonds is 8. The zero-order valence-electron chi connectivity index (χ0n) is 12.8. The van der Waals surface area contributed by atoms with E-state index < -0.39 is 17.7 Å². The number of alkyl halides is 3. The number of carbonyl (C=O) groups is 2. The molecule has 0 bridgehead atoms. The standard InChI is InChI=1S/C16H20F3NO3/c1-11(8-15(22)23)10-20-14(21)7-3-5-12-4-2-6-13(9-12)16(17,18)19/h2,4,6,9,11H,3,5,7-8,10H2,1H3,(H,20,21)(H,22,23). The summed E-state index contributed by atoms with van der Waals surface area (Å²) in [6, 6.07) is 5.06. The third-order valence-corrected chi connectivity index (χ3v) is 3.29. The maximum absolute atomic E-state index is 12.6. The number of carbonyl (C=O) groups excluding carboxylic acids is 1. The highest BCUT2D eigenvalue weighted by molar-refractivity contribution is 5.76. The molecule has 2 N–H and O–H groups in total. The van der Waals surface area contributed by atoms with Crippen molar-refractivity contribution in [3.63, 3.8) is 0 Å². The molecule has 1 aromatic rings. The molecule has 1 amide bonds. The van der Waals surface area contributed by atoms with Crippen molar-refractivity contribution in [1.82, 2.24) is 5.32 Å². The monoisotopic (exact) mass is 331 g/mol. The van der Waals surface area contributed by atoms with Gasteiger partial charge in [-0.1, -0.05) is 25.1 Å². The van der Waals surface area contributed by atoms with Crippen LogP contribution in [0.5, 0.6) is 0 Å². The van der Waals surface area contributed by atoms with E-state index >= 15 is 0 Å². The van der Waals surface area contributed by atoms with E-state index in [4.69, 9.17) is 5.11 Å². The molecule has 0 radical (unpaired) electrons. The van der Waals surface area contributed by atoms with E-state index in [0.29, 0.717) is 18.4 Å². The first kappa shape index (κ1) is 19.0. The maximum Gasteiger partial charge on any atom is 0.416 e. The lowest BCUT2D eigenvalue weighted by atomic mass is 10.0. The van der Waals surface area contributed by atoms with E-state index in [1.165, 1.54) is 6.07 Å². The van der Waals surface area contributed by atoms with Crippen molar-refractivity contribution in [3.05, 3.63) is 35.4 Å². The van der Waals surface area contributed by atoms with Crippen molar-refractivity contribution in [2.45, 2.75) is 38.8 Å². The van der Waals surface area contributed by atoms with Crippen molar-refractivity contribution in [2.24, 2.45) is 5.92 Å². The molecule has 1 unspecified atom stereocenters. The number of amides is 1. The highest BCUT2D eigenvalue weighted by Crippen LogP contribution is 2.29. The van der Waals surface area contributed by atoms with E-state index in [9.17, 15) is 22.8 Å². The number of benzene rings is 1. The van der Waals surface area contributed by atoms with Crippen LogP contribution in [0.15, 0.2) is 24.3 Å². The molecule has 1 rings (SSSR count). The number of carboxylic acids is 1. The fraction of sp³-hybridized carbons (Fsp3) is 0.500.